The Morgan fingerprint density at radius 2 is 1.76 bits per heavy atom. The van der Waals surface area contributed by atoms with Crippen LogP contribution in [0.5, 0.6) is 0 Å². The Balaban J connectivity index is 1.93. The molecule has 3 rings (SSSR count). The van der Waals surface area contributed by atoms with Gasteiger partial charge in [-0.1, -0.05) is 49.6 Å². The number of aromatic nitrogens is 2. The highest BCUT2D eigenvalue weighted by Crippen LogP contribution is 2.31. The molecule has 0 saturated heterocycles. The molecule has 1 saturated carbocycles. The second kappa shape index (κ2) is 4.74. The normalized spacial score (nSPS) is 17.2. The van der Waals surface area contributed by atoms with E-state index in [2.05, 4.69) is 46.1 Å². The Hall–Kier alpha value is -1.57. The fraction of sp³-hybridized carbons (Fsp3) is 0.400. The molecule has 1 aliphatic carbocycles. The fourth-order valence-electron chi connectivity index (χ4n) is 2.78. The Morgan fingerprint density at radius 1 is 1.00 bits per heavy atom. The fourth-order valence-corrected chi connectivity index (χ4v) is 2.78. The van der Waals surface area contributed by atoms with Gasteiger partial charge in [-0.15, -0.1) is 0 Å². The summed E-state index contributed by atoms with van der Waals surface area (Å²) < 4.78 is 2.37. The van der Waals surface area contributed by atoms with Crippen molar-refractivity contribution in [3.05, 3.63) is 42.7 Å². The lowest BCUT2D eigenvalue weighted by Gasteiger charge is -2.24. The summed E-state index contributed by atoms with van der Waals surface area (Å²) in [6.45, 7) is 0. The van der Waals surface area contributed by atoms with Crippen molar-refractivity contribution in [1.82, 2.24) is 9.55 Å². The minimum Gasteiger partial charge on any atom is -0.328 e. The van der Waals surface area contributed by atoms with Crippen molar-refractivity contribution in [2.24, 2.45) is 0 Å². The number of imidazole rings is 1. The van der Waals surface area contributed by atoms with E-state index in [0.717, 1.165) is 5.82 Å². The van der Waals surface area contributed by atoms with Gasteiger partial charge < -0.3 is 4.57 Å². The summed E-state index contributed by atoms with van der Waals surface area (Å²) in [5.74, 6) is 1.12. The van der Waals surface area contributed by atoms with Gasteiger partial charge in [-0.2, -0.15) is 0 Å². The second-order valence-corrected chi connectivity index (χ2v) is 4.82. The van der Waals surface area contributed by atoms with Crippen molar-refractivity contribution in [2.75, 3.05) is 0 Å². The molecule has 2 heteroatoms. The van der Waals surface area contributed by atoms with Gasteiger partial charge in [-0.05, 0) is 12.8 Å². The minimum atomic E-state index is 0.654. The summed E-state index contributed by atoms with van der Waals surface area (Å²) >= 11 is 0. The van der Waals surface area contributed by atoms with Crippen LogP contribution in [0.4, 0.5) is 0 Å². The van der Waals surface area contributed by atoms with Crippen LogP contribution in [0.2, 0.25) is 0 Å². The molecule has 2 aromatic rings. The molecule has 0 radical (unpaired) electrons. The largest absolute Gasteiger partial charge is 0.328 e. The molecule has 0 aliphatic heterocycles. The lowest BCUT2D eigenvalue weighted by atomic mass is 9.95. The summed E-state index contributed by atoms with van der Waals surface area (Å²) in [5.41, 5.74) is 1.23. The molecule has 0 bridgehead atoms. The zero-order chi connectivity index (χ0) is 11.5. The monoisotopic (exact) mass is 226 g/mol. The van der Waals surface area contributed by atoms with E-state index in [1.54, 1.807) is 0 Å². The molecular formula is C15H18N2. The van der Waals surface area contributed by atoms with E-state index in [1.165, 1.54) is 37.7 Å². The first-order valence-corrected chi connectivity index (χ1v) is 6.53. The van der Waals surface area contributed by atoms with Crippen molar-refractivity contribution < 1.29 is 0 Å². The first-order valence-electron chi connectivity index (χ1n) is 6.53. The summed E-state index contributed by atoms with van der Waals surface area (Å²) in [6.07, 6.45) is 10.8. The summed E-state index contributed by atoms with van der Waals surface area (Å²) in [5, 5.41) is 0. The molecule has 1 aliphatic rings. The Bertz CT molecular complexity index is 467. The van der Waals surface area contributed by atoms with E-state index in [9.17, 15) is 0 Å². The van der Waals surface area contributed by atoms with Crippen molar-refractivity contribution >= 4 is 0 Å². The molecular weight excluding hydrogens is 208 g/mol. The number of nitrogens with zero attached hydrogens (tertiary/aromatic N) is 2. The van der Waals surface area contributed by atoms with Crippen LogP contribution in [-0.4, -0.2) is 9.55 Å². The van der Waals surface area contributed by atoms with Crippen LogP contribution in [0.15, 0.2) is 42.7 Å². The minimum absolute atomic E-state index is 0.654. The Kier molecular flexibility index (Phi) is 2.95. The zero-order valence-electron chi connectivity index (χ0n) is 10.0. The van der Waals surface area contributed by atoms with Gasteiger partial charge in [-0.3, -0.25) is 0 Å². The second-order valence-electron chi connectivity index (χ2n) is 4.82. The first-order chi connectivity index (χ1) is 8.45. The van der Waals surface area contributed by atoms with Gasteiger partial charge in [0.1, 0.15) is 5.82 Å². The molecule has 0 unspecified atom stereocenters. The third-order valence-electron chi connectivity index (χ3n) is 3.67. The Labute approximate surface area is 102 Å². The number of benzene rings is 1. The lowest BCUT2D eigenvalue weighted by molar-refractivity contribution is 0.355. The van der Waals surface area contributed by atoms with Crippen LogP contribution in [0.3, 0.4) is 0 Å². The third-order valence-corrected chi connectivity index (χ3v) is 3.67. The van der Waals surface area contributed by atoms with E-state index in [-0.39, 0.29) is 0 Å². The quantitative estimate of drug-likeness (QED) is 0.755. The van der Waals surface area contributed by atoms with Crippen molar-refractivity contribution in [3.63, 3.8) is 0 Å². The van der Waals surface area contributed by atoms with E-state index in [4.69, 9.17) is 0 Å². The van der Waals surface area contributed by atoms with Crippen LogP contribution >= 0.6 is 0 Å². The molecule has 17 heavy (non-hydrogen) atoms. The predicted molar refractivity (Wildman–Crippen MR) is 69.8 cm³/mol. The molecule has 2 nitrogen and oxygen atoms in total. The van der Waals surface area contributed by atoms with Gasteiger partial charge in [-0.25, -0.2) is 4.98 Å². The summed E-state index contributed by atoms with van der Waals surface area (Å²) in [6, 6.07) is 11.1. The van der Waals surface area contributed by atoms with Crippen molar-refractivity contribution in [2.45, 2.75) is 38.1 Å². The molecule has 88 valence electrons. The van der Waals surface area contributed by atoms with E-state index < -0.39 is 0 Å². The molecule has 0 N–H and O–H groups in total. The maximum absolute atomic E-state index is 4.52. The third kappa shape index (κ3) is 2.12. The van der Waals surface area contributed by atoms with Crippen LogP contribution in [0.1, 0.15) is 38.1 Å². The Morgan fingerprint density at radius 3 is 2.53 bits per heavy atom. The molecule has 1 aromatic carbocycles. The first kappa shape index (κ1) is 10.6. The molecule has 0 spiro atoms. The average Bonchev–Trinajstić information content (AvgIpc) is 2.90. The molecule has 1 heterocycles. The van der Waals surface area contributed by atoms with E-state index in [0.29, 0.717) is 6.04 Å². The van der Waals surface area contributed by atoms with Crippen LogP contribution in [-0.2, 0) is 0 Å². The predicted octanol–water partition coefficient (Wildman–Crippen LogP) is 4.06. The van der Waals surface area contributed by atoms with Crippen molar-refractivity contribution in [1.29, 1.82) is 0 Å². The standard InChI is InChI=1S/C15H18N2/c1-3-7-13(8-4-1)15-16-11-12-17(15)14-9-5-2-6-10-14/h1,3-4,7-8,11-12,14H,2,5-6,9-10H2. The van der Waals surface area contributed by atoms with Gasteiger partial charge in [0.05, 0.1) is 0 Å². The SMILES string of the molecule is c1ccc(-c2nccn2C2CCCCC2)cc1. The highest BCUT2D eigenvalue weighted by molar-refractivity contribution is 5.55. The van der Waals surface area contributed by atoms with Gasteiger partial charge in [0.25, 0.3) is 0 Å². The van der Waals surface area contributed by atoms with Crippen LogP contribution in [0.25, 0.3) is 11.4 Å². The topological polar surface area (TPSA) is 17.8 Å². The van der Waals surface area contributed by atoms with Crippen LogP contribution in [0, 0.1) is 0 Å². The molecule has 0 amide bonds. The average molecular weight is 226 g/mol. The molecule has 1 fully saturated rings. The zero-order valence-corrected chi connectivity index (χ0v) is 10.0. The maximum atomic E-state index is 4.52. The maximum Gasteiger partial charge on any atom is 0.140 e. The van der Waals surface area contributed by atoms with Crippen molar-refractivity contribution in [3.8, 4) is 11.4 Å². The number of hydrogen-bond acceptors (Lipinski definition) is 1. The highest BCUT2D eigenvalue weighted by atomic mass is 15.1. The highest BCUT2D eigenvalue weighted by Gasteiger charge is 2.18. The molecule has 0 atom stereocenters. The van der Waals surface area contributed by atoms with E-state index >= 15 is 0 Å². The van der Waals surface area contributed by atoms with Crippen LogP contribution < -0.4 is 0 Å². The van der Waals surface area contributed by atoms with Gasteiger partial charge >= 0.3 is 0 Å². The summed E-state index contributed by atoms with van der Waals surface area (Å²) in [7, 11) is 0. The van der Waals surface area contributed by atoms with Gasteiger partial charge in [0.2, 0.25) is 0 Å². The smallest absolute Gasteiger partial charge is 0.140 e. The number of hydrogen-bond donors (Lipinski definition) is 0. The molecule has 1 aromatic heterocycles. The lowest BCUT2D eigenvalue weighted by Crippen LogP contribution is -2.13. The number of rotatable bonds is 2. The summed E-state index contributed by atoms with van der Waals surface area (Å²) in [4.78, 5) is 4.52. The van der Waals surface area contributed by atoms with Gasteiger partial charge in [0, 0.05) is 24.0 Å². The van der Waals surface area contributed by atoms with E-state index in [1.807, 2.05) is 6.20 Å². The van der Waals surface area contributed by atoms with Gasteiger partial charge in [0.15, 0.2) is 0 Å².